The number of carbonyl (C=O) groups is 1. The van der Waals surface area contributed by atoms with Gasteiger partial charge in [-0.05, 0) is 51.9 Å². The second-order valence-electron chi connectivity index (χ2n) is 6.11. The van der Waals surface area contributed by atoms with E-state index in [2.05, 4.69) is 25.8 Å². The Balaban J connectivity index is 1.37. The summed E-state index contributed by atoms with van der Waals surface area (Å²) in [5, 5.41) is 14.3. The first-order valence-electron chi connectivity index (χ1n) is 8.67. The Kier molecular flexibility index (Phi) is 5.48. The van der Waals surface area contributed by atoms with E-state index in [9.17, 15) is 9.18 Å². The Morgan fingerprint density at radius 1 is 1.21 bits per heavy atom. The molecule has 0 aliphatic heterocycles. The van der Waals surface area contributed by atoms with Crippen LogP contribution in [-0.2, 0) is 11.2 Å². The molecule has 0 fully saturated rings. The Morgan fingerprint density at radius 3 is 2.86 bits per heavy atom. The second-order valence-corrected chi connectivity index (χ2v) is 7.22. The number of aromatic nitrogens is 5. The standard InChI is InChI=1S/C20H15FN6OS/c21-16-7-4-15(5-8-16)11-18-12-22-20(29-18)24-19(28)9-6-14-2-1-3-17(10-14)27-13-23-25-26-27/h1-10,12-13H,11H2,(H,22,24,28)/b9-6+. The molecule has 29 heavy (non-hydrogen) atoms. The summed E-state index contributed by atoms with van der Waals surface area (Å²) in [4.78, 5) is 17.4. The molecule has 144 valence electrons. The van der Waals surface area contributed by atoms with Crippen molar-refractivity contribution in [2.45, 2.75) is 6.42 Å². The zero-order chi connectivity index (χ0) is 20.1. The van der Waals surface area contributed by atoms with E-state index in [1.807, 2.05) is 24.3 Å². The molecule has 9 heteroatoms. The van der Waals surface area contributed by atoms with E-state index >= 15 is 0 Å². The van der Waals surface area contributed by atoms with Crippen molar-refractivity contribution in [2.75, 3.05) is 5.32 Å². The van der Waals surface area contributed by atoms with Crippen LogP contribution < -0.4 is 5.32 Å². The summed E-state index contributed by atoms with van der Waals surface area (Å²) < 4.78 is 14.5. The maximum Gasteiger partial charge on any atom is 0.250 e. The Hall–Kier alpha value is -3.72. The second kappa shape index (κ2) is 8.53. The van der Waals surface area contributed by atoms with Crippen molar-refractivity contribution < 1.29 is 9.18 Å². The maximum atomic E-state index is 13.0. The zero-order valence-corrected chi connectivity index (χ0v) is 15.9. The molecule has 0 atom stereocenters. The molecule has 7 nitrogen and oxygen atoms in total. The molecule has 4 aromatic rings. The van der Waals surface area contributed by atoms with E-state index in [0.717, 1.165) is 21.7 Å². The van der Waals surface area contributed by atoms with Crippen LogP contribution in [-0.4, -0.2) is 31.1 Å². The monoisotopic (exact) mass is 406 g/mol. The molecule has 2 aromatic heterocycles. The Labute approximate surface area is 169 Å². The number of halogens is 1. The van der Waals surface area contributed by atoms with Crippen molar-refractivity contribution in [3.05, 3.63) is 89.0 Å². The molecule has 0 saturated heterocycles. The number of benzene rings is 2. The normalized spacial score (nSPS) is 11.1. The van der Waals surface area contributed by atoms with Crippen LogP contribution in [0.2, 0.25) is 0 Å². The molecule has 0 saturated carbocycles. The number of hydrogen-bond donors (Lipinski definition) is 1. The maximum absolute atomic E-state index is 13.0. The zero-order valence-electron chi connectivity index (χ0n) is 15.1. The van der Waals surface area contributed by atoms with Crippen LogP contribution in [0.5, 0.6) is 0 Å². The number of hydrogen-bond acceptors (Lipinski definition) is 6. The van der Waals surface area contributed by atoms with Gasteiger partial charge in [-0.3, -0.25) is 10.1 Å². The van der Waals surface area contributed by atoms with Gasteiger partial charge in [0.05, 0.1) is 5.69 Å². The van der Waals surface area contributed by atoms with E-state index < -0.39 is 0 Å². The quantitative estimate of drug-likeness (QED) is 0.496. The molecular weight excluding hydrogens is 391 g/mol. The van der Waals surface area contributed by atoms with Crippen LogP contribution in [0.3, 0.4) is 0 Å². The number of amides is 1. The van der Waals surface area contributed by atoms with Crippen LogP contribution in [0.25, 0.3) is 11.8 Å². The summed E-state index contributed by atoms with van der Waals surface area (Å²) >= 11 is 1.39. The summed E-state index contributed by atoms with van der Waals surface area (Å²) in [6.07, 6.45) is 6.99. The van der Waals surface area contributed by atoms with Crippen LogP contribution >= 0.6 is 11.3 Å². The number of tetrazole rings is 1. The van der Waals surface area contributed by atoms with Crippen LogP contribution in [0.15, 0.2) is 67.1 Å². The highest BCUT2D eigenvalue weighted by Gasteiger charge is 2.06. The van der Waals surface area contributed by atoms with E-state index in [1.54, 1.807) is 24.4 Å². The van der Waals surface area contributed by atoms with Crippen molar-refractivity contribution in [2.24, 2.45) is 0 Å². The average Bonchev–Trinajstić information content (AvgIpc) is 3.41. The number of nitrogens with zero attached hydrogens (tertiary/aromatic N) is 5. The minimum Gasteiger partial charge on any atom is -0.298 e. The molecule has 0 aliphatic rings. The van der Waals surface area contributed by atoms with E-state index in [1.165, 1.54) is 40.6 Å². The van der Waals surface area contributed by atoms with Crippen LogP contribution in [0.4, 0.5) is 9.52 Å². The molecule has 0 bridgehead atoms. The lowest BCUT2D eigenvalue weighted by Crippen LogP contribution is -2.07. The lowest BCUT2D eigenvalue weighted by Gasteiger charge is -2.00. The molecule has 1 N–H and O–H groups in total. The molecule has 1 amide bonds. The van der Waals surface area contributed by atoms with Gasteiger partial charge >= 0.3 is 0 Å². The average molecular weight is 406 g/mol. The Morgan fingerprint density at radius 2 is 2.07 bits per heavy atom. The fourth-order valence-electron chi connectivity index (χ4n) is 2.62. The van der Waals surface area contributed by atoms with Gasteiger partial charge in [0.1, 0.15) is 12.1 Å². The lowest BCUT2D eigenvalue weighted by molar-refractivity contribution is -0.111. The first kappa shape index (κ1) is 18.6. The number of rotatable bonds is 6. The molecule has 4 rings (SSSR count). The third-order valence-electron chi connectivity index (χ3n) is 3.99. The summed E-state index contributed by atoms with van der Waals surface area (Å²) in [7, 11) is 0. The van der Waals surface area contributed by atoms with E-state index in [-0.39, 0.29) is 11.7 Å². The molecule has 2 heterocycles. The highest BCUT2D eigenvalue weighted by atomic mass is 32.1. The van der Waals surface area contributed by atoms with Gasteiger partial charge in [0, 0.05) is 23.6 Å². The van der Waals surface area contributed by atoms with Crippen LogP contribution in [0.1, 0.15) is 16.0 Å². The van der Waals surface area contributed by atoms with Crippen LogP contribution in [0, 0.1) is 5.82 Å². The topological polar surface area (TPSA) is 85.6 Å². The highest BCUT2D eigenvalue weighted by molar-refractivity contribution is 7.15. The molecule has 2 aromatic carbocycles. The van der Waals surface area contributed by atoms with E-state index in [4.69, 9.17) is 0 Å². The third-order valence-corrected chi connectivity index (χ3v) is 4.90. The fraction of sp³-hybridized carbons (Fsp3) is 0.0500. The van der Waals surface area contributed by atoms with Gasteiger partial charge in [0.2, 0.25) is 5.91 Å². The molecular formula is C20H15FN6OS. The fourth-order valence-corrected chi connectivity index (χ4v) is 3.47. The molecule has 0 unspecified atom stereocenters. The predicted octanol–water partition coefficient (Wildman–Crippen LogP) is 3.50. The third kappa shape index (κ3) is 4.96. The highest BCUT2D eigenvalue weighted by Crippen LogP contribution is 2.21. The summed E-state index contributed by atoms with van der Waals surface area (Å²) in [5.74, 6) is -0.540. The molecule has 0 spiro atoms. The minimum atomic E-state index is -0.277. The largest absolute Gasteiger partial charge is 0.298 e. The van der Waals surface area contributed by atoms with Crippen molar-refractivity contribution in [3.8, 4) is 5.69 Å². The first-order valence-corrected chi connectivity index (χ1v) is 9.49. The number of nitrogens with one attached hydrogen (secondary N) is 1. The van der Waals surface area contributed by atoms with Crippen molar-refractivity contribution >= 4 is 28.5 Å². The summed E-state index contributed by atoms with van der Waals surface area (Å²) in [5.41, 5.74) is 2.61. The number of carbonyl (C=O) groups excluding carboxylic acids is 1. The van der Waals surface area contributed by atoms with Gasteiger partial charge in [-0.2, -0.15) is 0 Å². The van der Waals surface area contributed by atoms with Gasteiger partial charge in [0.25, 0.3) is 0 Å². The lowest BCUT2D eigenvalue weighted by atomic mass is 10.1. The van der Waals surface area contributed by atoms with E-state index in [0.29, 0.717) is 11.6 Å². The first-order chi connectivity index (χ1) is 14.2. The van der Waals surface area contributed by atoms with Gasteiger partial charge in [-0.15, -0.1) is 16.4 Å². The van der Waals surface area contributed by atoms with Gasteiger partial charge in [-0.1, -0.05) is 24.3 Å². The Bertz CT molecular complexity index is 1140. The number of thiazole rings is 1. The minimum absolute atomic E-state index is 0.263. The summed E-state index contributed by atoms with van der Waals surface area (Å²) in [6, 6.07) is 13.8. The van der Waals surface area contributed by atoms with Crippen molar-refractivity contribution in [3.63, 3.8) is 0 Å². The number of anilines is 1. The van der Waals surface area contributed by atoms with Crippen molar-refractivity contribution in [1.82, 2.24) is 25.2 Å². The SMILES string of the molecule is O=C(/C=C/c1cccc(-n2cnnn2)c1)Nc1ncc(Cc2ccc(F)cc2)s1. The van der Waals surface area contributed by atoms with Gasteiger partial charge in [0.15, 0.2) is 5.13 Å². The predicted molar refractivity (Wildman–Crippen MR) is 108 cm³/mol. The molecule has 0 radical (unpaired) electrons. The molecule has 0 aliphatic carbocycles. The summed E-state index contributed by atoms with van der Waals surface area (Å²) in [6.45, 7) is 0. The smallest absolute Gasteiger partial charge is 0.250 e. The van der Waals surface area contributed by atoms with Crippen molar-refractivity contribution in [1.29, 1.82) is 0 Å². The van der Waals surface area contributed by atoms with Gasteiger partial charge < -0.3 is 0 Å². The van der Waals surface area contributed by atoms with Gasteiger partial charge in [-0.25, -0.2) is 14.1 Å².